The van der Waals surface area contributed by atoms with Crippen LogP contribution in [0.1, 0.15) is 24.3 Å². The number of rotatable bonds is 3. The molecule has 1 heterocycles. The van der Waals surface area contributed by atoms with Crippen molar-refractivity contribution >= 4 is 10.9 Å². The van der Waals surface area contributed by atoms with E-state index in [4.69, 9.17) is 4.74 Å². The van der Waals surface area contributed by atoms with Crippen LogP contribution in [0.15, 0.2) is 30.3 Å². The lowest BCUT2D eigenvalue weighted by atomic mass is 10.0. The number of ether oxygens (including phenoxy) is 1. The summed E-state index contributed by atoms with van der Waals surface area (Å²) >= 11 is 0. The van der Waals surface area contributed by atoms with Gasteiger partial charge >= 0.3 is 0 Å². The van der Waals surface area contributed by atoms with E-state index in [1.807, 2.05) is 44.2 Å². The van der Waals surface area contributed by atoms with Gasteiger partial charge < -0.3 is 9.84 Å². The molecule has 0 aliphatic heterocycles. The summed E-state index contributed by atoms with van der Waals surface area (Å²) < 4.78 is 5.13. The lowest BCUT2D eigenvalue weighted by molar-refractivity contribution is -0.00136. The molecule has 0 aliphatic rings. The van der Waals surface area contributed by atoms with Crippen LogP contribution in [0.2, 0.25) is 0 Å². The van der Waals surface area contributed by atoms with Gasteiger partial charge in [-0.05, 0) is 37.6 Å². The number of pyridine rings is 1. The van der Waals surface area contributed by atoms with Gasteiger partial charge in [-0.15, -0.1) is 0 Å². The number of nitrogens with zero attached hydrogens (tertiary/aromatic N) is 1. The van der Waals surface area contributed by atoms with Gasteiger partial charge in [-0.1, -0.05) is 12.1 Å². The number of aliphatic hydroxyl groups excluding tert-OH is 1. The smallest absolute Gasteiger partial charge is 0.105 e. The van der Waals surface area contributed by atoms with Crippen molar-refractivity contribution < 1.29 is 9.84 Å². The van der Waals surface area contributed by atoms with Crippen LogP contribution in [-0.2, 0) is 4.74 Å². The quantitative estimate of drug-likeness (QED) is 0.883. The van der Waals surface area contributed by atoms with E-state index in [0.717, 1.165) is 22.2 Å². The first-order valence-corrected chi connectivity index (χ1v) is 5.70. The van der Waals surface area contributed by atoms with Gasteiger partial charge in [0.1, 0.15) is 6.10 Å². The van der Waals surface area contributed by atoms with Crippen molar-refractivity contribution in [1.29, 1.82) is 0 Å². The van der Waals surface area contributed by atoms with Gasteiger partial charge in [0.05, 0.1) is 11.6 Å². The molecule has 0 bridgehead atoms. The monoisotopic (exact) mass is 231 g/mol. The summed E-state index contributed by atoms with van der Waals surface area (Å²) in [6, 6.07) is 9.78. The van der Waals surface area contributed by atoms with E-state index >= 15 is 0 Å². The zero-order valence-electron chi connectivity index (χ0n) is 10.3. The summed E-state index contributed by atoms with van der Waals surface area (Å²) in [4.78, 5) is 4.43. The van der Waals surface area contributed by atoms with Gasteiger partial charge in [-0.25, -0.2) is 0 Å². The Bertz CT molecular complexity index is 525. The summed E-state index contributed by atoms with van der Waals surface area (Å²) in [5.41, 5.74) is 2.81. The molecule has 1 aromatic carbocycles. The van der Waals surface area contributed by atoms with Crippen LogP contribution in [0.4, 0.5) is 0 Å². The number of aliphatic hydroxyl groups is 1. The van der Waals surface area contributed by atoms with Crippen LogP contribution >= 0.6 is 0 Å². The number of aromatic nitrogens is 1. The number of hydrogen-bond donors (Lipinski definition) is 1. The fourth-order valence-corrected chi connectivity index (χ4v) is 1.83. The second-order valence-electron chi connectivity index (χ2n) is 4.29. The van der Waals surface area contributed by atoms with Crippen LogP contribution in [0, 0.1) is 6.92 Å². The first-order valence-electron chi connectivity index (χ1n) is 5.70. The number of hydrogen-bond acceptors (Lipinski definition) is 3. The van der Waals surface area contributed by atoms with Crippen molar-refractivity contribution in [2.75, 3.05) is 7.11 Å². The maximum absolute atomic E-state index is 10.1. The van der Waals surface area contributed by atoms with Gasteiger partial charge in [0.15, 0.2) is 0 Å². The van der Waals surface area contributed by atoms with Gasteiger partial charge in [-0.3, -0.25) is 4.98 Å². The van der Waals surface area contributed by atoms with Crippen LogP contribution in [0.3, 0.4) is 0 Å². The minimum Gasteiger partial charge on any atom is -0.386 e. The minimum absolute atomic E-state index is 0.217. The summed E-state index contributed by atoms with van der Waals surface area (Å²) in [5, 5.41) is 11.1. The van der Waals surface area contributed by atoms with Crippen LogP contribution in [-0.4, -0.2) is 23.3 Å². The highest BCUT2D eigenvalue weighted by Crippen LogP contribution is 2.22. The predicted molar refractivity (Wildman–Crippen MR) is 67.9 cm³/mol. The number of methoxy groups -OCH3 is 1. The molecular weight excluding hydrogens is 214 g/mol. The average molecular weight is 231 g/mol. The Morgan fingerprint density at radius 1 is 1.24 bits per heavy atom. The molecule has 0 amide bonds. The molecule has 0 aliphatic carbocycles. The normalized spacial score (nSPS) is 14.8. The Labute approximate surface area is 101 Å². The summed E-state index contributed by atoms with van der Waals surface area (Å²) in [6.45, 7) is 3.82. The highest BCUT2D eigenvalue weighted by Gasteiger charge is 2.15. The third kappa shape index (κ3) is 2.46. The van der Waals surface area contributed by atoms with Crippen molar-refractivity contribution in [3.8, 4) is 0 Å². The van der Waals surface area contributed by atoms with Crippen LogP contribution in [0.25, 0.3) is 10.9 Å². The molecule has 3 heteroatoms. The zero-order valence-corrected chi connectivity index (χ0v) is 10.3. The first kappa shape index (κ1) is 12.0. The number of fused-ring (bicyclic) bond motifs is 1. The molecule has 0 saturated heterocycles. The predicted octanol–water partition coefficient (Wildman–Crippen LogP) is 2.61. The number of aryl methyl sites for hydroxylation is 1. The van der Waals surface area contributed by atoms with E-state index in [-0.39, 0.29) is 6.10 Å². The third-order valence-corrected chi connectivity index (χ3v) is 3.01. The molecule has 17 heavy (non-hydrogen) atoms. The Balaban J connectivity index is 2.41. The molecule has 2 aromatic rings. The van der Waals surface area contributed by atoms with E-state index < -0.39 is 6.10 Å². The molecule has 90 valence electrons. The maximum Gasteiger partial charge on any atom is 0.105 e. The zero-order chi connectivity index (χ0) is 12.4. The SMILES string of the molecule is COC(C)C(O)c1ccc2nc(C)ccc2c1. The van der Waals surface area contributed by atoms with Crippen molar-refractivity contribution in [1.82, 2.24) is 4.98 Å². The van der Waals surface area contributed by atoms with Crippen LogP contribution in [0.5, 0.6) is 0 Å². The van der Waals surface area contributed by atoms with Crippen molar-refractivity contribution in [2.45, 2.75) is 26.1 Å². The Hall–Kier alpha value is -1.45. The fraction of sp³-hybridized carbons (Fsp3) is 0.357. The standard InChI is InChI=1S/C14H17NO2/c1-9-4-5-11-8-12(6-7-13(11)15-9)14(16)10(2)17-3/h4-8,10,14,16H,1-3H3. The lowest BCUT2D eigenvalue weighted by Gasteiger charge is -2.18. The summed E-state index contributed by atoms with van der Waals surface area (Å²) in [6.07, 6.45) is -0.823. The molecule has 2 atom stereocenters. The molecular formula is C14H17NO2. The van der Waals surface area contributed by atoms with Crippen molar-refractivity contribution in [2.24, 2.45) is 0 Å². The third-order valence-electron chi connectivity index (χ3n) is 3.01. The van der Waals surface area contributed by atoms with E-state index in [1.165, 1.54) is 0 Å². The fourth-order valence-electron chi connectivity index (χ4n) is 1.83. The van der Waals surface area contributed by atoms with Gasteiger partial charge in [-0.2, -0.15) is 0 Å². The molecule has 0 radical (unpaired) electrons. The molecule has 2 rings (SSSR count). The van der Waals surface area contributed by atoms with Crippen LogP contribution < -0.4 is 0 Å². The Morgan fingerprint density at radius 3 is 2.71 bits per heavy atom. The minimum atomic E-state index is -0.606. The molecule has 3 nitrogen and oxygen atoms in total. The average Bonchev–Trinajstić information content (AvgIpc) is 2.36. The lowest BCUT2D eigenvalue weighted by Crippen LogP contribution is -2.16. The van der Waals surface area contributed by atoms with E-state index in [0.29, 0.717) is 0 Å². The highest BCUT2D eigenvalue weighted by atomic mass is 16.5. The summed E-state index contributed by atoms with van der Waals surface area (Å²) in [7, 11) is 1.60. The van der Waals surface area contributed by atoms with E-state index in [9.17, 15) is 5.11 Å². The molecule has 0 saturated carbocycles. The van der Waals surface area contributed by atoms with E-state index in [1.54, 1.807) is 7.11 Å². The van der Waals surface area contributed by atoms with E-state index in [2.05, 4.69) is 4.98 Å². The second kappa shape index (κ2) is 4.82. The maximum atomic E-state index is 10.1. The summed E-state index contributed by atoms with van der Waals surface area (Å²) in [5.74, 6) is 0. The Morgan fingerprint density at radius 2 is 2.00 bits per heavy atom. The van der Waals surface area contributed by atoms with Gasteiger partial charge in [0.2, 0.25) is 0 Å². The van der Waals surface area contributed by atoms with Crippen molar-refractivity contribution in [3.63, 3.8) is 0 Å². The second-order valence-corrected chi connectivity index (χ2v) is 4.29. The van der Waals surface area contributed by atoms with Gasteiger partial charge in [0, 0.05) is 18.2 Å². The Kier molecular flexibility index (Phi) is 3.41. The molecule has 1 aromatic heterocycles. The van der Waals surface area contributed by atoms with Crippen molar-refractivity contribution in [3.05, 3.63) is 41.6 Å². The highest BCUT2D eigenvalue weighted by molar-refractivity contribution is 5.79. The first-order chi connectivity index (χ1) is 8.11. The molecule has 1 N–H and O–H groups in total. The largest absolute Gasteiger partial charge is 0.386 e. The topological polar surface area (TPSA) is 42.4 Å². The molecule has 0 spiro atoms. The molecule has 0 fully saturated rings. The number of benzene rings is 1. The molecule has 2 unspecified atom stereocenters. The van der Waals surface area contributed by atoms with Gasteiger partial charge in [0.25, 0.3) is 0 Å².